The van der Waals surface area contributed by atoms with Crippen LogP contribution >= 0.6 is 46.1 Å². The highest BCUT2D eigenvalue weighted by molar-refractivity contribution is 7.18. The third-order valence-electron chi connectivity index (χ3n) is 3.65. The molecule has 0 aliphatic rings. The van der Waals surface area contributed by atoms with Crippen molar-refractivity contribution in [1.82, 2.24) is 19.9 Å². The van der Waals surface area contributed by atoms with Gasteiger partial charge in [-0.05, 0) is 24.3 Å². The second-order valence-electron chi connectivity index (χ2n) is 5.75. The van der Waals surface area contributed by atoms with Gasteiger partial charge in [-0.1, -0.05) is 46.1 Å². The second kappa shape index (κ2) is 10.4. The summed E-state index contributed by atoms with van der Waals surface area (Å²) in [6.45, 7) is 0.315. The number of halogens is 3. The summed E-state index contributed by atoms with van der Waals surface area (Å²) in [4.78, 5) is 36.8. The van der Waals surface area contributed by atoms with Crippen molar-refractivity contribution in [3.05, 3.63) is 83.3 Å². The van der Waals surface area contributed by atoms with E-state index in [0.717, 1.165) is 15.4 Å². The normalized spacial score (nSPS) is 10.3. The van der Waals surface area contributed by atoms with E-state index in [1.807, 2.05) is 12.1 Å². The topological polar surface area (TPSA) is 150 Å². The molecule has 0 spiro atoms. The summed E-state index contributed by atoms with van der Waals surface area (Å²) in [6, 6.07) is 8.89. The Hall–Kier alpha value is -3.19. The van der Waals surface area contributed by atoms with Crippen LogP contribution in [0, 0.1) is 20.2 Å². The molecule has 0 bridgehead atoms. The maximum absolute atomic E-state index is 10.9. The van der Waals surface area contributed by atoms with Gasteiger partial charge in [0.2, 0.25) is 11.0 Å². The third-order valence-corrected chi connectivity index (χ3v) is 5.32. The number of fused-ring (bicyclic) bond motifs is 1. The van der Waals surface area contributed by atoms with Crippen LogP contribution in [-0.4, -0.2) is 29.8 Å². The molecule has 0 saturated carbocycles. The molecular formula is C17H10Cl3N7O4S. The van der Waals surface area contributed by atoms with E-state index in [0.29, 0.717) is 6.54 Å². The smallest absolute Gasteiger partial charge is 0.311 e. The Morgan fingerprint density at radius 2 is 1.56 bits per heavy atom. The van der Waals surface area contributed by atoms with E-state index in [1.165, 1.54) is 35.6 Å². The molecule has 164 valence electrons. The summed E-state index contributed by atoms with van der Waals surface area (Å²) in [5.74, 6) is 0.125. The predicted octanol–water partition coefficient (Wildman–Crippen LogP) is 5.56. The highest BCUT2D eigenvalue weighted by Gasteiger charge is 2.16. The van der Waals surface area contributed by atoms with Gasteiger partial charge < -0.3 is 5.32 Å². The van der Waals surface area contributed by atoms with Gasteiger partial charge in [-0.3, -0.25) is 20.2 Å². The fourth-order valence-corrected chi connectivity index (χ4v) is 3.70. The fraction of sp³-hybridized carbons (Fsp3) is 0.0588. The monoisotopic (exact) mass is 513 g/mol. The Bertz CT molecular complexity index is 1270. The quantitative estimate of drug-likeness (QED) is 0.205. The molecule has 4 rings (SSSR count). The molecule has 0 atom stereocenters. The zero-order valence-corrected chi connectivity index (χ0v) is 18.7. The lowest BCUT2D eigenvalue weighted by atomic mass is 10.4. The first-order valence-corrected chi connectivity index (χ1v) is 10.4. The minimum Gasteiger partial charge on any atom is -0.358 e. The molecule has 1 N–H and O–H groups in total. The highest BCUT2D eigenvalue weighted by Crippen LogP contribution is 2.26. The first kappa shape index (κ1) is 23.5. The summed E-state index contributed by atoms with van der Waals surface area (Å²) in [6.07, 6.45) is 1.70. The molecular weight excluding hydrogens is 505 g/mol. The number of anilines is 1. The molecule has 0 fully saturated rings. The van der Waals surface area contributed by atoms with Gasteiger partial charge in [-0.25, -0.2) is 19.9 Å². The molecule has 0 radical (unpaired) electrons. The summed E-state index contributed by atoms with van der Waals surface area (Å²) in [5.41, 5.74) is 0.433. The summed E-state index contributed by atoms with van der Waals surface area (Å²) in [5, 5.41) is 24.9. The molecule has 32 heavy (non-hydrogen) atoms. The average Bonchev–Trinajstić information content (AvgIpc) is 3.15. The number of thiazole rings is 1. The van der Waals surface area contributed by atoms with Crippen LogP contribution in [0.5, 0.6) is 0 Å². The third kappa shape index (κ3) is 5.95. The predicted molar refractivity (Wildman–Crippen MR) is 122 cm³/mol. The summed E-state index contributed by atoms with van der Waals surface area (Å²) in [7, 11) is 0. The van der Waals surface area contributed by atoms with Crippen LogP contribution in [0.1, 0.15) is 5.01 Å². The number of hydrogen-bond donors (Lipinski definition) is 1. The minimum absolute atomic E-state index is 0.125. The number of nitro groups is 2. The van der Waals surface area contributed by atoms with E-state index in [-0.39, 0.29) is 32.7 Å². The van der Waals surface area contributed by atoms with Crippen LogP contribution in [-0.2, 0) is 6.54 Å². The van der Waals surface area contributed by atoms with Crippen molar-refractivity contribution in [2.45, 2.75) is 6.54 Å². The van der Waals surface area contributed by atoms with Crippen molar-refractivity contribution >= 4 is 73.7 Å². The molecule has 4 aromatic rings. The standard InChI is InChI=1S/C12H8ClN5O2S.C5H2Cl2N2O2/c13-9-4-3-8(18(19)20)11(17-9)15-6-10-16-7-2-1-5-14-12(7)21-10;6-4-2-1-3(9(10)11)5(7)8-4/h1-5H,6H2,(H,15,17);1-2H. The average molecular weight is 515 g/mol. The van der Waals surface area contributed by atoms with Crippen LogP contribution < -0.4 is 5.32 Å². The molecule has 0 aliphatic carbocycles. The second-order valence-corrected chi connectivity index (χ2v) is 7.94. The van der Waals surface area contributed by atoms with E-state index < -0.39 is 9.85 Å². The van der Waals surface area contributed by atoms with E-state index in [9.17, 15) is 20.2 Å². The van der Waals surface area contributed by atoms with Crippen LogP contribution in [0.25, 0.3) is 10.3 Å². The van der Waals surface area contributed by atoms with Crippen LogP contribution in [0.2, 0.25) is 15.5 Å². The lowest BCUT2D eigenvalue weighted by molar-refractivity contribution is -0.385. The number of rotatable bonds is 5. The van der Waals surface area contributed by atoms with E-state index in [4.69, 9.17) is 34.8 Å². The Morgan fingerprint density at radius 3 is 2.19 bits per heavy atom. The van der Waals surface area contributed by atoms with E-state index in [1.54, 1.807) is 6.20 Å². The van der Waals surface area contributed by atoms with E-state index >= 15 is 0 Å². The lowest BCUT2D eigenvalue weighted by Gasteiger charge is -2.04. The molecule has 15 heteroatoms. The number of nitrogens with zero attached hydrogens (tertiary/aromatic N) is 6. The fourth-order valence-electron chi connectivity index (χ4n) is 2.30. The first-order valence-electron chi connectivity index (χ1n) is 8.46. The van der Waals surface area contributed by atoms with Crippen LogP contribution in [0.15, 0.2) is 42.6 Å². The van der Waals surface area contributed by atoms with Gasteiger partial charge in [0, 0.05) is 18.3 Å². The van der Waals surface area contributed by atoms with Gasteiger partial charge in [0.1, 0.15) is 25.7 Å². The van der Waals surface area contributed by atoms with Gasteiger partial charge >= 0.3 is 11.4 Å². The van der Waals surface area contributed by atoms with Crippen molar-refractivity contribution in [3.8, 4) is 0 Å². The molecule has 0 unspecified atom stereocenters. The Morgan fingerprint density at radius 1 is 0.906 bits per heavy atom. The maximum atomic E-state index is 10.9. The molecule has 0 saturated heterocycles. The van der Waals surface area contributed by atoms with Crippen LogP contribution in [0.4, 0.5) is 17.2 Å². The molecule has 4 aromatic heterocycles. The number of aromatic nitrogens is 4. The van der Waals surface area contributed by atoms with Gasteiger partial charge in [0.05, 0.1) is 16.4 Å². The minimum atomic E-state index is -0.619. The Labute approximate surface area is 198 Å². The van der Waals surface area contributed by atoms with Crippen LogP contribution in [0.3, 0.4) is 0 Å². The SMILES string of the molecule is O=[N+]([O-])c1ccc(Cl)nc1Cl.O=[N+]([O-])c1ccc(Cl)nc1NCc1nc2cccnc2s1. The van der Waals surface area contributed by atoms with Gasteiger partial charge in [-0.2, -0.15) is 0 Å². The first-order chi connectivity index (χ1) is 15.2. The highest BCUT2D eigenvalue weighted by atomic mass is 35.5. The Balaban J connectivity index is 0.000000222. The summed E-state index contributed by atoms with van der Waals surface area (Å²) < 4.78 is 0. The van der Waals surface area contributed by atoms with Crippen molar-refractivity contribution in [1.29, 1.82) is 0 Å². The van der Waals surface area contributed by atoms with E-state index in [2.05, 4.69) is 25.3 Å². The van der Waals surface area contributed by atoms with Crippen molar-refractivity contribution in [2.75, 3.05) is 5.32 Å². The maximum Gasteiger partial charge on any atom is 0.311 e. The van der Waals surface area contributed by atoms with Crippen molar-refractivity contribution < 1.29 is 9.85 Å². The summed E-state index contributed by atoms with van der Waals surface area (Å²) >= 11 is 18.0. The molecule has 0 aromatic carbocycles. The van der Waals surface area contributed by atoms with Gasteiger partial charge in [0.25, 0.3) is 0 Å². The molecule has 0 aliphatic heterocycles. The number of nitrogens with one attached hydrogen (secondary N) is 1. The molecule has 4 heterocycles. The van der Waals surface area contributed by atoms with Gasteiger partial charge in [0.15, 0.2) is 0 Å². The number of pyridine rings is 3. The van der Waals surface area contributed by atoms with Crippen molar-refractivity contribution in [3.63, 3.8) is 0 Å². The molecule has 0 amide bonds. The number of hydrogen-bond acceptors (Lipinski definition) is 10. The van der Waals surface area contributed by atoms with Gasteiger partial charge in [-0.15, -0.1) is 0 Å². The zero-order valence-electron chi connectivity index (χ0n) is 15.6. The largest absolute Gasteiger partial charge is 0.358 e. The lowest BCUT2D eigenvalue weighted by Crippen LogP contribution is -2.04. The Kier molecular flexibility index (Phi) is 7.64. The van der Waals surface area contributed by atoms with Crippen molar-refractivity contribution in [2.24, 2.45) is 0 Å². The zero-order chi connectivity index (χ0) is 23.3. The molecule has 11 nitrogen and oxygen atoms in total.